The molecule has 0 radical (unpaired) electrons. The van der Waals surface area contributed by atoms with Crippen molar-refractivity contribution in [2.45, 2.75) is 25.2 Å². The Morgan fingerprint density at radius 3 is 3.19 bits per heavy atom. The zero-order valence-electron chi connectivity index (χ0n) is 8.65. The molecule has 0 bridgehead atoms. The fraction of sp³-hybridized carbons (Fsp3) is 0.500. The summed E-state index contributed by atoms with van der Waals surface area (Å²) in [5, 5.41) is 9.02. The van der Waals surface area contributed by atoms with Crippen LogP contribution in [0.15, 0.2) is 18.9 Å². The SMILES string of the molecule is OC[C@@H]1CC[C@H](n2cnc3cncnc32)O1. The number of imidazole rings is 1. The first-order valence-corrected chi connectivity index (χ1v) is 5.27. The fourth-order valence-corrected chi connectivity index (χ4v) is 2.02. The Bertz CT molecular complexity index is 498. The van der Waals surface area contributed by atoms with E-state index < -0.39 is 0 Å². The maximum atomic E-state index is 9.02. The van der Waals surface area contributed by atoms with E-state index in [0.717, 1.165) is 24.0 Å². The lowest BCUT2D eigenvalue weighted by Gasteiger charge is -2.13. The standard InChI is InChI=1S/C10H12N4O2/c15-4-7-1-2-9(16-7)14-6-13-8-3-11-5-12-10(8)14/h3,5-7,9,15H,1-2,4H2/t7-,9+/m0/s1. The molecular weight excluding hydrogens is 208 g/mol. The molecule has 1 fully saturated rings. The van der Waals surface area contributed by atoms with Crippen LogP contribution >= 0.6 is 0 Å². The van der Waals surface area contributed by atoms with Crippen molar-refractivity contribution in [1.82, 2.24) is 19.5 Å². The lowest BCUT2D eigenvalue weighted by atomic mass is 10.2. The van der Waals surface area contributed by atoms with E-state index >= 15 is 0 Å². The van der Waals surface area contributed by atoms with Crippen LogP contribution in [0.4, 0.5) is 0 Å². The van der Waals surface area contributed by atoms with E-state index in [-0.39, 0.29) is 18.9 Å². The Balaban J connectivity index is 1.95. The summed E-state index contributed by atoms with van der Waals surface area (Å²) in [5.41, 5.74) is 1.54. The predicted molar refractivity (Wildman–Crippen MR) is 55.6 cm³/mol. The summed E-state index contributed by atoms with van der Waals surface area (Å²) < 4.78 is 7.57. The molecule has 1 N–H and O–H groups in total. The Kier molecular flexibility index (Phi) is 2.30. The number of aromatic nitrogens is 4. The highest BCUT2D eigenvalue weighted by molar-refractivity contribution is 5.68. The molecule has 2 aromatic rings. The van der Waals surface area contributed by atoms with Gasteiger partial charge in [-0.1, -0.05) is 0 Å². The van der Waals surface area contributed by atoms with Gasteiger partial charge in [0.1, 0.15) is 18.1 Å². The molecule has 1 aliphatic heterocycles. The summed E-state index contributed by atoms with van der Waals surface area (Å²) >= 11 is 0. The minimum absolute atomic E-state index is 0.0655. The molecule has 0 unspecified atom stereocenters. The maximum absolute atomic E-state index is 9.02. The first-order valence-electron chi connectivity index (χ1n) is 5.27. The number of aliphatic hydroxyl groups excluding tert-OH is 1. The van der Waals surface area contributed by atoms with Crippen molar-refractivity contribution in [3.8, 4) is 0 Å². The Hall–Kier alpha value is -1.53. The van der Waals surface area contributed by atoms with E-state index in [9.17, 15) is 0 Å². The van der Waals surface area contributed by atoms with Gasteiger partial charge >= 0.3 is 0 Å². The molecular formula is C10H12N4O2. The Labute approximate surface area is 91.9 Å². The molecule has 3 rings (SSSR count). The van der Waals surface area contributed by atoms with Crippen LogP contribution in [0.25, 0.3) is 11.2 Å². The van der Waals surface area contributed by atoms with E-state index in [1.807, 2.05) is 4.57 Å². The number of aliphatic hydroxyl groups is 1. The topological polar surface area (TPSA) is 73.1 Å². The van der Waals surface area contributed by atoms with Crippen molar-refractivity contribution >= 4 is 11.2 Å². The highest BCUT2D eigenvalue weighted by atomic mass is 16.5. The zero-order valence-corrected chi connectivity index (χ0v) is 8.65. The van der Waals surface area contributed by atoms with Gasteiger partial charge in [-0.2, -0.15) is 0 Å². The largest absolute Gasteiger partial charge is 0.394 e. The molecule has 16 heavy (non-hydrogen) atoms. The van der Waals surface area contributed by atoms with Crippen LogP contribution in [-0.4, -0.2) is 37.3 Å². The molecule has 0 saturated carbocycles. The van der Waals surface area contributed by atoms with Crippen LogP contribution in [-0.2, 0) is 4.74 Å². The van der Waals surface area contributed by atoms with Gasteiger partial charge in [0.25, 0.3) is 0 Å². The van der Waals surface area contributed by atoms with Crippen molar-refractivity contribution < 1.29 is 9.84 Å². The van der Waals surface area contributed by atoms with E-state index in [1.165, 1.54) is 6.33 Å². The van der Waals surface area contributed by atoms with Crippen LogP contribution in [0.5, 0.6) is 0 Å². The van der Waals surface area contributed by atoms with Gasteiger partial charge in [0, 0.05) is 0 Å². The second kappa shape index (κ2) is 3.80. The normalized spacial score (nSPS) is 25.3. The van der Waals surface area contributed by atoms with Gasteiger partial charge in [-0.05, 0) is 12.8 Å². The monoisotopic (exact) mass is 220 g/mol. The van der Waals surface area contributed by atoms with Crippen molar-refractivity contribution in [2.24, 2.45) is 0 Å². The first-order chi connectivity index (χ1) is 7.88. The molecule has 0 spiro atoms. The van der Waals surface area contributed by atoms with Crippen LogP contribution in [0, 0.1) is 0 Å². The highest BCUT2D eigenvalue weighted by Crippen LogP contribution is 2.29. The van der Waals surface area contributed by atoms with Crippen LogP contribution in [0.1, 0.15) is 19.1 Å². The molecule has 1 saturated heterocycles. The number of fused-ring (bicyclic) bond motifs is 1. The third-order valence-electron chi connectivity index (χ3n) is 2.84. The maximum Gasteiger partial charge on any atom is 0.165 e. The van der Waals surface area contributed by atoms with Crippen molar-refractivity contribution in [3.05, 3.63) is 18.9 Å². The summed E-state index contributed by atoms with van der Waals surface area (Å²) in [4.78, 5) is 12.3. The molecule has 6 heteroatoms. The minimum Gasteiger partial charge on any atom is -0.394 e. The van der Waals surface area contributed by atoms with Crippen LogP contribution < -0.4 is 0 Å². The van der Waals surface area contributed by atoms with Gasteiger partial charge in [0.15, 0.2) is 5.65 Å². The van der Waals surface area contributed by atoms with Crippen molar-refractivity contribution in [2.75, 3.05) is 6.61 Å². The molecule has 3 heterocycles. The van der Waals surface area contributed by atoms with Gasteiger partial charge in [-0.15, -0.1) is 0 Å². The molecule has 0 aliphatic carbocycles. The van der Waals surface area contributed by atoms with Crippen molar-refractivity contribution in [1.29, 1.82) is 0 Å². The average molecular weight is 220 g/mol. The third-order valence-corrected chi connectivity index (χ3v) is 2.84. The highest BCUT2D eigenvalue weighted by Gasteiger charge is 2.27. The van der Waals surface area contributed by atoms with E-state index in [1.54, 1.807) is 12.5 Å². The van der Waals surface area contributed by atoms with Crippen molar-refractivity contribution in [3.63, 3.8) is 0 Å². The number of ether oxygens (including phenoxy) is 1. The molecule has 0 aromatic carbocycles. The fourth-order valence-electron chi connectivity index (χ4n) is 2.02. The summed E-state index contributed by atoms with van der Waals surface area (Å²) in [6.07, 6.45) is 6.49. The molecule has 6 nitrogen and oxygen atoms in total. The minimum atomic E-state index is -0.0722. The van der Waals surface area contributed by atoms with E-state index in [4.69, 9.17) is 9.84 Å². The first kappa shape index (κ1) is 9.68. The van der Waals surface area contributed by atoms with Crippen LogP contribution in [0.2, 0.25) is 0 Å². The summed E-state index contributed by atoms with van der Waals surface area (Å²) in [5.74, 6) is 0. The molecule has 0 amide bonds. The Morgan fingerprint density at radius 1 is 1.44 bits per heavy atom. The third kappa shape index (κ3) is 1.46. The summed E-state index contributed by atoms with van der Waals surface area (Å²) in [6.45, 7) is 0.0676. The molecule has 2 aromatic heterocycles. The molecule has 2 atom stereocenters. The summed E-state index contributed by atoms with van der Waals surface area (Å²) in [6, 6.07) is 0. The van der Waals surface area contributed by atoms with Gasteiger partial charge in [-0.3, -0.25) is 4.57 Å². The number of rotatable bonds is 2. The van der Waals surface area contributed by atoms with Gasteiger partial charge in [0.05, 0.1) is 25.2 Å². The average Bonchev–Trinajstić information content (AvgIpc) is 2.94. The Morgan fingerprint density at radius 2 is 2.38 bits per heavy atom. The second-order valence-electron chi connectivity index (χ2n) is 3.86. The predicted octanol–water partition coefficient (Wildman–Crippen LogP) is 0.496. The van der Waals surface area contributed by atoms with E-state index in [0.29, 0.717) is 0 Å². The number of hydrogen-bond acceptors (Lipinski definition) is 5. The number of nitrogens with zero attached hydrogens (tertiary/aromatic N) is 4. The smallest absolute Gasteiger partial charge is 0.165 e. The molecule has 1 aliphatic rings. The van der Waals surface area contributed by atoms with Gasteiger partial charge < -0.3 is 9.84 Å². The van der Waals surface area contributed by atoms with E-state index in [2.05, 4.69) is 15.0 Å². The summed E-state index contributed by atoms with van der Waals surface area (Å²) in [7, 11) is 0. The zero-order chi connectivity index (χ0) is 11.0. The van der Waals surface area contributed by atoms with Gasteiger partial charge in [0.2, 0.25) is 0 Å². The van der Waals surface area contributed by atoms with Gasteiger partial charge in [-0.25, -0.2) is 15.0 Å². The molecule has 84 valence electrons. The lowest BCUT2D eigenvalue weighted by Crippen LogP contribution is -2.14. The van der Waals surface area contributed by atoms with Crippen LogP contribution in [0.3, 0.4) is 0 Å². The lowest BCUT2D eigenvalue weighted by molar-refractivity contribution is -0.0207. The number of hydrogen-bond donors (Lipinski definition) is 1. The quantitative estimate of drug-likeness (QED) is 0.797. The second-order valence-corrected chi connectivity index (χ2v) is 3.86.